The maximum Gasteiger partial charge on any atom is 0.0872 e. The first-order valence-electron chi connectivity index (χ1n) is 4.90. The van der Waals surface area contributed by atoms with Gasteiger partial charge in [0.1, 0.15) is 0 Å². The van der Waals surface area contributed by atoms with E-state index in [0.29, 0.717) is 19.6 Å². The summed E-state index contributed by atoms with van der Waals surface area (Å²) in [5.41, 5.74) is -1.18. The van der Waals surface area contributed by atoms with Crippen molar-refractivity contribution in [3.63, 3.8) is 0 Å². The number of aliphatic hydroxyl groups is 2. The summed E-state index contributed by atoms with van der Waals surface area (Å²) in [5, 5.41) is 19.5. The van der Waals surface area contributed by atoms with Crippen molar-refractivity contribution in [2.45, 2.75) is 38.9 Å². The minimum Gasteiger partial charge on any atom is -0.389 e. The zero-order chi connectivity index (χ0) is 10.3. The lowest BCUT2D eigenvalue weighted by Crippen LogP contribution is -2.63. The van der Waals surface area contributed by atoms with Gasteiger partial charge in [0.05, 0.1) is 11.2 Å². The van der Waals surface area contributed by atoms with Crippen LogP contribution in [0.3, 0.4) is 0 Å². The molecule has 0 aliphatic carbocycles. The van der Waals surface area contributed by atoms with Crippen LogP contribution in [0.1, 0.15) is 27.7 Å². The molecule has 1 rings (SSSR count). The summed E-state index contributed by atoms with van der Waals surface area (Å²) in [6, 6.07) is 0. The summed E-state index contributed by atoms with van der Waals surface area (Å²) < 4.78 is 0. The van der Waals surface area contributed by atoms with Crippen molar-refractivity contribution in [2.24, 2.45) is 5.92 Å². The van der Waals surface area contributed by atoms with Crippen LogP contribution in [0.25, 0.3) is 0 Å². The van der Waals surface area contributed by atoms with E-state index < -0.39 is 11.2 Å². The van der Waals surface area contributed by atoms with Crippen molar-refractivity contribution in [1.29, 1.82) is 0 Å². The number of rotatable bonds is 3. The van der Waals surface area contributed by atoms with E-state index in [9.17, 15) is 10.2 Å². The topological polar surface area (TPSA) is 43.7 Å². The number of nitrogens with zero attached hydrogens (tertiary/aromatic N) is 1. The van der Waals surface area contributed by atoms with Crippen molar-refractivity contribution >= 4 is 0 Å². The Morgan fingerprint density at radius 1 is 1.46 bits per heavy atom. The van der Waals surface area contributed by atoms with Crippen LogP contribution < -0.4 is 0 Å². The first-order chi connectivity index (χ1) is 5.73. The zero-order valence-electron chi connectivity index (χ0n) is 9.04. The molecule has 1 aliphatic rings. The van der Waals surface area contributed by atoms with Crippen molar-refractivity contribution in [2.75, 3.05) is 19.6 Å². The van der Waals surface area contributed by atoms with Crippen LogP contribution in [0.5, 0.6) is 0 Å². The predicted octanol–water partition coefficient (Wildman–Crippen LogP) is 0.460. The molecule has 1 saturated heterocycles. The van der Waals surface area contributed by atoms with Crippen molar-refractivity contribution < 1.29 is 10.2 Å². The Hall–Kier alpha value is -0.120. The molecule has 0 amide bonds. The second-order valence-corrected chi connectivity index (χ2v) is 5.15. The van der Waals surface area contributed by atoms with Crippen LogP contribution in [0.2, 0.25) is 0 Å². The highest BCUT2D eigenvalue weighted by atomic mass is 16.3. The Morgan fingerprint density at radius 3 is 2.23 bits per heavy atom. The fraction of sp³-hybridized carbons (Fsp3) is 1.00. The smallest absolute Gasteiger partial charge is 0.0872 e. The molecule has 78 valence electrons. The molecular formula is C10H21NO2. The molecular weight excluding hydrogens is 166 g/mol. The van der Waals surface area contributed by atoms with Gasteiger partial charge in [-0.3, -0.25) is 4.90 Å². The van der Waals surface area contributed by atoms with Gasteiger partial charge in [-0.05, 0) is 19.8 Å². The Morgan fingerprint density at radius 2 is 1.92 bits per heavy atom. The van der Waals surface area contributed by atoms with E-state index in [1.807, 2.05) is 27.7 Å². The van der Waals surface area contributed by atoms with Gasteiger partial charge in [-0.25, -0.2) is 0 Å². The molecule has 2 N–H and O–H groups in total. The molecule has 0 aromatic carbocycles. The van der Waals surface area contributed by atoms with Crippen molar-refractivity contribution in [3.8, 4) is 0 Å². The summed E-state index contributed by atoms with van der Waals surface area (Å²) in [6.45, 7) is 9.71. The maximum absolute atomic E-state index is 9.97. The molecule has 0 aromatic rings. The molecule has 0 aromatic heterocycles. The van der Waals surface area contributed by atoms with Crippen LogP contribution in [-0.2, 0) is 0 Å². The number of β-amino-alcohol motifs (C(OH)–C–C–N with tert-alkyl or cyclic N) is 2. The lowest BCUT2D eigenvalue weighted by atomic mass is 9.88. The van der Waals surface area contributed by atoms with E-state index in [-0.39, 0.29) is 5.92 Å². The van der Waals surface area contributed by atoms with Gasteiger partial charge in [-0.2, -0.15) is 0 Å². The predicted molar refractivity (Wildman–Crippen MR) is 52.5 cm³/mol. The van der Waals surface area contributed by atoms with E-state index in [4.69, 9.17) is 0 Å². The average molecular weight is 187 g/mol. The molecule has 1 unspecified atom stereocenters. The molecule has 1 aliphatic heterocycles. The highest BCUT2D eigenvalue weighted by molar-refractivity contribution is 4.95. The average Bonchev–Trinajstić information content (AvgIpc) is 1.81. The van der Waals surface area contributed by atoms with Gasteiger partial charge in [0.2, 0.25) is 0 Å². The second-order valence-electron chi connectivity index (χ2n) is 5.15. The third-order valence-corrected chi connectivity index (χ3v) is 2.92. The minimum absolute atomic E-state index is 0.248. The molecule has 1 atom stereocenters. The van der Waals surface area contributed by atoms with E-state index in [1.165, 1.54) is 0 Å². The molecule has 13 heavy (non-hydrogen) atoms. The molecule has 1 fully saturated rings. The molecule has 0 spiro atoms. The SMILES string of the molecule is CC(C)C(C)(O)CN1CC(C)(O)C1. The fourth-order valence-corrected chi connectivity index (χ4v) is 1.66. The van der Waals surface area contributed by atoms with E-state index in [0.717, 1.165) is 0 Å². The summed E-state index contributed by atoms with van der Waals surface area (Å²) in [7, 11) is 0. The first kappa shape index (κ1) is 11.0. The molecule has 0 bridgehead atoms. The van der Waals surface area contributed by atoms with Gasteiger partial charge in [-0.15, -0.1) is 0 Å². The monoisotopic (exact) mass is 187 g/mol. The van der Waals surface area contributed by atoms with Crippen LogP contribution in [0.4, 0.5) is 0 Å². The van der Waals surface area contributed by atoms with Gasteiger partial charge in [-0.1, -0.05) is 13.8 Å². The fourth-order valence-electron chi connectivity index (χ4n) is 1.66. The molecule has 0 radical (unpaired) electrons. The summed E-state index contributed by atoms with van der Waals surface area (Å²) >= 11 is 0. The summed E-state index contributed by atoms with van der Waals surface area (Å²) in [5.74, 6) is 0.248. The lowest BCUT2D eigenvalue weighted by molar-refractivity contribution is -0.119. The van der Waals surface area contributed by atoms with Crippen LogP contribution in [-0.4, -0.2) is 45.9 Å². The minimum atomic E-state index is -0.642. The molecule has 3 nitrogen and oxygen atoms in total. The Bertz CT molecular complexity index is 179. The van der Waals surface area contributed by atoms with Gasteiger partial charge in [0.15, 0.2) is 0 Å². The number of hydrogen-bond donors (Lipinski definition) is 2. The Kier molecular flexibility index (Phi) is 2.72. The molecule has 3 heteroatoms. The molecule has 1 heterocycles. The Labute approximate surface area is 80.4 Å². The van der Waals surface area contributed by atoms with Crippen LogP contribution in [0.15, 0.2) is 0 Å². The summed E-state index contributed by atoms with van der Waals surface area (Å²) in [6.07, 6.45) is 0. The molecule has 0 saturated carbocycles. The van der Waals surface area contributed by atoms with Crippen LogP contribution in [0, 0.1) is 5.92 Å². The van der Waals surface area contributed by atoms with Crippen molar-refractivity contribution in [1.82, 2.24) is 4.90 Å². The van der Waals surface area contributed by atoms with Gasteiger partial charge < -0.3 is 10.2 Å². The van der Waals surface area contributed by atoms with E-state index in [1.54, 1.807) is 0 Å². The normalized spacial score (nSPS) is 27.0. The maximum atomic E-state index is 9.97. The highest BCUT2D eigenvalue weighted by Gasteiger charge is 2.40. The van der Waals surface area contributed by atoms with Gasteiger partial charge >= 0.3 is 0 Å². The zero-order valence-corrected chi connectivity index (χ0v) is 9.04. The van der Waals surface area contributed by atoms with Gasteiger partial charge in [0, 0.05) is 19.6 Å². The van der Waals surface area contributed by atoms with E-state index >= 15 is 0 Å². The van der Waals surface area contributed by atoms with Gasteiger partial charge in [0.25, 0.3) is 0 Å². The third kappa shape index (κ3) is 2.66. The first-order valence-corrected chi connectivity index (χ1v) is 4.90. The third-order valence-electron chi connectivity index (χ3n) is 2.92. The Balaban J connectivity index is 2.35. The quantitative estimate of drug-likeness (QED) is 0.674. The van der Waals surface area contributed by atoms with Crippen LogP contribution >= 0.6 is 0 Å². The van der Waals surface area contributed by atoms with E-state index in [2.05, 4.69) is 4.90 Å². The standard InChI is InChI=1S/C10H21NO2/c1-8(2)10(4,13)7-11-5-9(3,12)6-11/h8,12-13H,5-7H2,1-4H3. The second kappa shape index (κ2) is 3.23. The van der Waals surface area contributed by atoms with Crippen molar-refractivity contribution in [3.05, 3.63) is 0 Å². The highest BCUT2D eigenvalue weighted by Crippen LogP contribution is 2.25. The summed E-state index contributed by atoms with van der Waals surface area (Å²) in [4.78, 5) is 2.08. The number of likely N-dealkylation sites (tertiary alicyclic amines) is 1. The number of hydrogen-bond acceptors (Lipinski definition) is 3. The lowest BCUT2D eigenvalue weighted by Gasteiger charge is -2.47. The largest absolute Gasteiger partial charge is 0.389 e.